The second-order valence-corrected chi connectivity index (χ2v) is 15.1. The second kappa shape index (κ2) is 29.6. The van der Waals surface area contributed by atoms with Gasteiger partial charge in [0.05, 0.1) is 23.3 Å². The quantitative estimate of drug-likeness (QED) is 0.0983. The van der Waals surface area contributed by atoms with E-state index in [1.54, 1.807) is 24.3 Å². The summed E-state index contributed by atoms with van der Waals surface area (Å²) in [6.45, 7) is 4.62. The molecule has 15 heteroatoms. The van der Waals surface area contributed by atoms with Crippen molar-refractivity contribution in [2.45, 2.75) is 19.5 Å². The minimum atomic E-state index is -6.00. The largest absolute Gasteiger partial charge is 2.00 e. The van der Waals surface area contributed by atoms with Crippen molar-refractivity contribution in [3.8, 4) is 12.1 Å². The van der Waals surface area contributed by atoms with Crippen molar-refractivity contribution < 1.29 is 54.9 Å². The maximum atomic E-state index is 9.75. The van der Waals surface area contributed by atoms with Crippen LogP contribution in [-0.4, -0.2) is 20.2 Å². The molecule has 56 heavy (non-hydrogen) atoms. The molecular formula is C41H38B2F8N2P2Pd. The standard InChI is InChI=1S/C15H17P.C12H11P.2C7H5N.2BF4.Pd/c1-13(2)16(14-9-5-3-6-10-14)15-11-7-4-8-12-15;1-3-7-11(8-4-1)13-12-9-5-2-6-10-12;2*8-6-7-4-2-1-3-5-7;2*2-1(3,4)5;/h3-13H,1-2H3;1-10,13H;2*1-5H;;;/q;;;;2*-1;+2. The molecule has 0 atom stereocenters. The van der Waals surface area contributed by atoms with Crippen LogP contribution < -0.4 is 21.2 Å². The number of rotatable bonds is 5. The minimum Gasteiger partial charge on any atom is -0.418 e. The Balaban J connectivity index is 0.000000682. The van der Waals surface area contributed by atoms with Crippen LogP contribution in [0.5, 0.6) is 0 Å². The van der Waals surface area contributed by atoms with Crippen molar-refractivity contribution in [3.63, 3.8) is 0 Å². The van der Waals surface area contributed by atoms with E-state index in [0.29, 0.717) is 16.8 Å². The summed E-state index contributed by atoms with van der Waals surface area (Å²) in [5.41, 5.74) is 2.11. The molecule has 0 aliphatic heterocycles. The minimum absolute atomic E-state index is 0. The predicted octanol–water partition coefficient (Wildman–Crippen LogP) is 11.6. The molecule has 0 aliphatic rings. The van der Waals surface area contributed by atoms with E-state index in [4.69, 9.17) is 10.5 Å². The van der Waals surface area contributed by atoms with Gasteiger partial charge in [0, 0.05) is 0 Å². The van der Waals surface area contributed by atoms with Crippen molar-refractivity contribution in [1.82, 2.24) is 0 Å². The number of hydrogen-bond acceptors (Lipinski definition) is 2. The van der Waals surface area contributed by atoms with Gasteiger partial charge in [-0.25, -0.2) is 0 Å². The summed E-state index contributed by atoms with van der Waals surface area (Å²) >= 11 is 0. The van der Waals surface area contributed by atoms with Gasteiger partial charge < -0.3 is 34.5 Å². The first-order valence-corrected chi connectivity index (χ1v) is 18.9. The zero-order valence-corrected chi connectivity index (χ0v) is 33.7. The molecule has 0 amide bonds. The van der Waals surface area contributed by atoms with Gasteiger partial charge >= 0.3 is 34.9 Å². The summed E-state index contributed by atoms with van der Waals surface area (Å²) in [4.78, 5) is 0. The third-order valence-corrected chi connectivity index (χ3v) is 10.2. The average Bonchev–Trinajstić information content (AvgIpc) is 3.17. The Morgan fingerprint density at radius 3 is 0.839 bits per heavy atom. The Hall–Kier alpha value is -4.61. The monoisotopic (exact) mass is 900 g/mol. The maximum absolute atomic E-state index is 9.75. The fourth-order valence-electron chi connectivity index (χ4n) is 4.16. The van der Waals surface area contributed by atoms with Crippen LogP contribution in [0.4, 0.5) is 34.5 Å². The predicted molar refractivity (Wildman–Crippen MR) is 217 cm³/mol. The zero-order valence-electron chi connectivity index (χ0n) is 30.2. The molecule has 294 valence electrons. The summed E-state index contributed by atoms with van der Waals surface area (Å²) in [5, 5.41) is 22.3. The first-order valence-electron chi connectivity index (χ1n) is 16.5. The Morgan fingerprint density at radius 2 is 0.643 bits per heavy atom. The molecule has 6 aromatic carbocycles. The number of benzene rings is 6. The summed E-state index contributed by atoms with van der Waals surface area (Å²) in [6, 6.07) is 65.2. The molecule has 6 aromatic rings. The van der Waals surface area contributed by atoms with E-state index < -0.39 is 14.5 Å². The third kappa shape index (κ3) is 28.8. The van der Waals surface area contributed by atoms with E-state index in [-0.39, 0.29) is 28.3 Å². The first kappa shape index (κ1) is 51.4. The van der Waals surface area contributed by atoms with Crippen LogP contribution >= 0.6 is 16.5 Å². The molecule has 2 nitrogen and oxygen atoms in total. The number of nitriles is 2. The van der Waals surface area contributed by atoms with Crippen LogP contribution in [0, 0.1) is 22.7 Å². The van der Waals surface area contributed by atoms with Gasteiger partial charge in [-0.3, -0.25) is 0 Å². The summed E-state index contributed by atoms with van der Waals surface area (Å²) in [7, 11) is -11.4. The van der Waals surface area contributed by atoms with Crippen LogP contribution in [0.25, 0.3) is 0 Å². The zero-order chi connectivity index (χ0) is 41.0. The molecule has 0 saturated heterocycles. The van der Waals surface area contributed by atoms with E-state index in [9.17, 15) is 34.5 Å². The molecule has 0 unspecified atom stereocenters. The SMILES string of the molecule is CC(C)P(c1ccccc1)c1ccccc1.F[B-](F)(F)F.F[B-](F)(F)F.N#Cc1ccccc1.N#Cc1ccccc1.[Pd+2].c1ccc(Pc2ccccc2)cc1. The normalized spacial score (nSPS) is 9.82. The molecule has 0 saturated carbocycles. The van der Waals surface area contributed by atoms with Gasteiger partial charge in [-0.1, -0.05) is 180 Å². The second-order valence-electron chi connectivity index (χ2n) is 10.9. The van der Waals surface area contributed by atoms with Crippen LogP contribution in [-0.2, 0) is 20.4 Å². The molecule has 0 radical (unpaired) electrons. The number of halogens is 8. The van der Waals surface area contributed by atoms with Crippen molar-refractivity contribution in [1.29, 1.82) is 10.5 Å². The molecular weight excluding hydrogens is 862 g/mol. The Labute approximate surface area is 341 Å². The van der Waals surface area contributed by atoms with E-state index in [1.165, 1.54) is 21.2 Å². The van der Waals surface area contributed by atoms with Gasteiger partial charge in [0.1, 0.15) is 0 Å². The van der Waals surface area contributed by atoms with E-state index in [2.05, 4.69) is 135 Å². The molecule has 0 bridgehead atoms. The topological polar surface area (TPSA) is 47.6 Å². The Bertz CT molecular complexity index is 1770. The Kier molecular flexibility index (Phi) is 27.2. The fraction of sp³-hybridized carbons (Fsp3) is 0.0732. The van der Waals surface area contributed by atoms with Crippen molar-refractivity contribution >= 4 is 52.2 Å². The van der Waals surface area contributed by atoms with E-state index >= 15 is 0 Å². The van der Waals surface area contributed by atoms with E-state index in [0.717, 1.165) is 8.58 Å². The first-order chi connectivity index (χ1) is 26.1. The molecule has 0 N–H and O–H groups in total. The maximum Gasteiger partial charge on any atom is 2.00 e. The summed E-state index contributed by atoms with van der Waals surface area (Å²) in [5.74, 6) is 0. The summed E-state index contributed by atoms with van der Waals surface area (Å²) < 4.78 is 78.0. The van der Waals surface area contributed by atoms with Crippen molar-refractivity contribution in [3.05, 3.63) is 193 Å². The van der Waals surface area contributed by atoms with Gasteiger partial charge in [0.2, 0.25) is 0 Å². The fourth-order valence-corrected chi connectivity index (χ4v) is 7.69. The number of hydrogen-bond donors (Lipinski definition) is 0. The van der Waals surface area contributed by atoms with Crippen molar-refractivity contribution in [2.75, 3.05) is 0 Å². The van der Waals surface area contributed by atoms with Crippen LogP contribution in [0.2, 0.25) is 0 Å². The molecule has 0 fully saturated rings. The summed E-state index contributed by atoms with van der Waals surface area (Å²) in [6.07, 6.45) is 0. The van der Waals surface area contributed by atoms with Crippen LogP contribution in [0.1, 0.15) is 25.0 Å². The number of nitrogens with zero attached hydrogens (tertiary/aromatic N) is 2. The molecule has 0 spiro atoms. The van der Waals surface area contributed by atoms with Gasteiger partial charge in [0.25, 0.3) is 0 Å². The van der Waals surface area contributed by atoms with Gasteiger partial charge in [0.15, 0.2) is 0 Å². The molecule has 6 rings (SSSR count). The Morgan fingerprint density at radius 1 is 0.429 bits per heavy atom. The average molecular weight is 901 g/mol. The van der Waals surface area contributed by atoms with Crippen molar-refractivity contribution in [2.24, 2.45) is 0 Å². The van der Waals surface area contributed by atoms with Gasteiger partial charge in [-0.05, 0) is 59.1 Å². The van der Waals surface area contributed by atoms with E-state index in [1.807, 2.05) is 48.5 Å². The van der Waals surface area contributed by atoms with Crippen LogP contribution in [0.3, 0.4) is 0 Å². The molecule has 0 aliphatic carbocycles. The molecule has 0 aromatic heterocycles. The third-order valence-electron chi connectivity index (χ3n) is 6.23. The molecule has 0 heterocycles. The van der Waals surface area contributed by atoms with Crippen LogP contribution in [0.15, 0.2) is 182 Å². The van der Waals surface area contributed by atoms with Gasteiger partial charge in [-0.2, -0.15) is 10.5 Å². The van der Waals surface area contributed by atoms with Gasteiger partial charge in [-0.15, -0.1) is 0 Å². The smallest absolute Gasteiger partial charge is 0.418 e.